The van der Waals surface area contributed by atoms with Gasteiger partial charge in [0.2, 0.25) is 0 Å². The fourth-order valence-corrected chi connectivity index (χ4v) is 5.98. The average molecular weight is 417 g/mol. The van der Waals surface area contributed by atoms with E-state index in [2.05, 4.69) is 4.72 Å². The number of carboxylic acids is 1. The minimum atomic E-state index is -4.02. The van der Waals surface area contributed by atoms with Crippen LogP contribution >= 0.6 is 11.3 Å². The first-order valence-corrected chi connectivity index (χ1v) is 10.8. The lowest BCUT2D eigenvalue weighted by molar-refractivity contribution is -0.140. The van der Waals surface area contributed by atoms with Crippen LogP contribution in [0.5, 0.6) is 0 Å². The molecule has 1 aliphatic carbocycles. The number of carbonyl (C=O) groups is 1. The van der Waals surface area contributed by atoms with Crippen LogP contribution in [0.1, 0.15) is 17.9 Å². The van der Waals surface area contributed by atoms with Crippen molar-refractivity contribution >= 4 is 27.3 Å². The topological polar surface area (TPSA) is 83.5 Å². The Kier molecular flexibility index (Phi) is 4.57. The molecule has 0 amide bonds. The SMILES string of the molecule is O=C(O)[C@@]1(NS(=O)(=O)c2ccc(-c3ccc(F)cc3)s2)C[C@H]1c1ccccc1. The van der Waals surface area contributed by atoms with Crippen LogP contribution in [0.3, 0.4) is 0 Å². The normalized spacial score (nSPS) is 21.4. The van der Waals surface area contributed by atoms with Crippen LogP contribution in [-0.2, 0) is 14.8 Å². The van der Waals surface area contributed by atoms with E-state index in [4.69, 9.17) is 0 Å². The summed E-state index contributed by atoms with van der Waals surface area (Å²) in [6.45, 7) is 0. The molecule has 0 radical (unpaired) electrons. The molecule has 4 rings (SSSR count). The highest BCUT2D eigenvalue weighted by Gasteiger charge is 2.63. The highest BCUT2D eigenvalue weighted by molar-refractivity contribution is 7.91. The summed E-state index contributed by atoms with van der Waals surface area (Å²) in [5.74, 6) is -1.99. The maximum atomic E-state index is 13.1. The van der Waals surface area contributed by atoms with Crippen molar-refractivity contribution in [1.29, 1.82) is 0 Å². The quantitative estimate of drug-likeness (QED) is 0.638. The lowest BCUT2D eigenvalue weighted by atomic mass is 10.1. The predicted molar refractivity (Wildman–Crippen MR) is 104 cm³/mol. The third-order valence-corrected chi connectivity index (χ3v) is 7.97. The molecule has 0 spiro atoms. The Hall–Kier alpha value is -2.55. The Morgan fingerprint density at radius 1 is 1.07 bits per heavy atom. The van der Waals surface area contributed by atoms with Gasteiger partial charge in [0.15, 0.2) is 0 Å². The molecule has 2 N–H and O–H groups in total. The number of carboxylic acid groups (broad SMARTS) is 1. The third kappa shape index (κ3) is 3.34. The molecule has 1 fully saturated rings. The largest absolute Gasteiger partial charge is 0.480 e. The van der Waals surface area contributed by atoms with Crippen LogP contribution in [0.4, 0.5) is 4.39 Å². The first-order valence-electron chi connectivity index (χ1n) is 8.50. The predicted octanol–water partition coefficient (Wildman–Crippen LogP) is 3.84. The smallest absolute Gasteiger partial charge is 0.325 e. The molecule has 1 aromatic heterocycles. The van der Waals surface area contributed by atoms with Crippen LogP contribution < -0.4 is 4.72 Å². The van der Waals surface area contributed by atoms with Crippen LogP contribution in [0.15, 0.2) is 70.9 Å². The van der Waals surface area contributed by atoms with Gasteiger partial charge in [0.1, 0.15) is 15.6 Å². The van der Waals surface area contributed by atoms with Gasteiger partial charge in [-0.1, -0.05) is 42.5 Å². The molecule has 0 unspecified atom stereocenters. The molecule has 3 aromatic rings. The monoisotopic (exact) mass is 417 g/mol. The molecule has 2 atom stereocenters. The summed E-state index contributed by atoms with van der Waals surface area (Å²) in [7, 11) is -4.02. The maximum absolute atomic E-state index is 13.1. The molecule has 144 valence electrons. The van der Waals surface area contributed by atoms with Crippen LogP contribution in [0.2, 0.25) is 0 Å². The second-order valence-corrected chi connectivity index (χ2v) is 9.67. The van der Waals surface area contributed by atoms with Crippen LogP contribution in [0.25, 0.3) is 10.4 Å². The van der Waals surface area contributed by atoms with Crippen molar-refractivity contribution < 1.29 is 22.7 Å². The van der Waals surface area contributed by atoms with Crippen molar-refractivity contribution in [2.24, 2.45) is 0 Å². The minimum absolute atomic E-state index is 0.0196. The molecule has 0 aliphatic heterocycles. The summed E-state index contributed by atoms with van der Waals surface area (Å²) in [6.07, 6.45) is 0.196. The van der Waals surface area contributed by atoms with E-state index in [1.165, 1.54) is 18.2 Å². The van der Waals surface area contributed by atoms with E-state index in [0.29, 0.717) is 10.4 Å². The van der Waals surface area contributed by atoms with Crippen molar-refractivity contribution in [3.8, 4) is 10.4 Å². The first-order chi connectivity index (χ1) is 13.3. The number of aliphatic carboxylic acids is 1. The standard InChI is InChI=1S/C20H16FNO4S2/c21-15-8-6-14(7-9-15)17-10-11-18(27-17)28(25,26)22-20(19(23)24)12-16(20)13-4-2-1-3-5-13/h1-11,16,22H,12H2,(H,23,24)/t16-,20+/m0/s1. The van der Waals surface area contributed by atoms with Gasteiger partial charge in [-0.2, -0.15) is 4.72 Å². The Labute approximate surface area is 165 Å². The summed E-state index contributed by atoms with van der Waals surface area (Å²) >= 11 is 1.01. The van der Waals surface area contributed by atoms with E-state index in [0.717, 1.165) is 16.9 Å². The van der Waals surface area contributed by atoms with Gasteiger partial charge in [0.05, 0.1) is 0 Å². The van der Waals surface area contributed by atoms with Gasteiger partial charge in [0, 0.05) is 10.8 Å². The molecule has 5 nitrogen and oxygen atoms in total. The van der Waals surface area contributed by atoms with E-state index >= 15 is 0 Å². The molecule has 8 heteroatoms. The molecule has 1 saturated carbocycles. The first kappa shape index (κ1) is 18.8. The van der Waals surface area contributed by atoms with Gasteiger partial charge >= 0.3 is 5.97 Å². The Morgan fingerprint density at radius 2 is 1.75 bits per heavy atom. The van der Waals surface area contributed by atoms with Gasteiger partial charge in [-0.3, -0.25) is 4.79 Å². The number of thiophene rings is 1. The fraction of sp³-hybridized carbons (Fsp3) is 0.150. The molecule has 2 aromatic carbocycles. The minimum Gasteiger partial charge on any atom is -0.480 e. The Bertz CT molecular complexity index is 1130. The van der Waals surface area contributed by atoms with Crippen molar-refractivity contribution in [1.82, 2.24) is 4.72 Å². The molecular weight excluding hydrogens is 401 g/mol. The summed E-state index contributed by atoms with van der Waals surface area (Å²) < 4.78 is 41.2. The second kappa shape index (κ2) is 6.80. The molecule has 1 aliphatic rings. The Morgan fingerprint density at radius 3 is 2.39 bits per heavy atom. The zero-order chi connectivity index (χ0) is 19.9. The summed E-state index contributed by atoms with van der Waals surface area (Å²) in [5, 5.41) is 9.70. The van der Waals surface area contributed by atoms with E-state index < -0.39 is 27.4 Å². The van der Waals surface area contributed by atoms with Gasteiger partial charge < -0.3 is 5.11 Å². The van der Waals surface area contributed by atoms with Crippen molar-refractivity contribution in [2.75, 3.05) is 0 Å². The molecule has 0 saturated heterocycles. The number of halogens is 1. The lowest BCUT2D eigenvalue weighted by Crippen LogP contribution is -2.44. The van der Waals surface area contributed by atoms with Gasteiger partial charge in [-0.25, -0.2) is 12.8 Å². The number of hydrogen-bond acceptors (Lipinski definition) is 4. The molecular formula is C20H16FNO4S2. The van der Waals surface area contributed by atoms with Gasteiger partial charge in [0.25, 0.3) is 10.0 Å². The number of nitrogens with one attached hydrogen (secondary N) is 1. The molecule has 0 bridgehead atoms. The molecule has 1 heterocycles. The van der Waals surface area contributed by atoms with Crippen LogP contribution in [0, 0.1) is 5.82 Å². The average Bonchev–Trinajstić information content (AvgIpc) is 3.17. The second-order valence-electron chi connectivity index (χ2n) is 6.67. The number of rotatable bonds is 6. The zero-order valence-corrected chi connectivity index (χ0v) is 16.1. The third-order valence-electron chi connectivity index (χ3n) is 4.84. The maximum Gasteiger partial charge on any atom is 0.325 e. The van der Waals surface area contributed by atoms with Crippen molar-refractivity contribution in [3.05, 3.63) is 78.1 Å². The number of benzene rings is 2. The summed E-state index contributed by atoms with van der Waals surface area (Å²) in [5.41, 5.74) is -0.0691. The van der Waals surface area contributed by atoms with Gasteiger partial charge in [-0.15, -0.1) is 11.3 Å². The van der Waals surface area contributed by atoms with Gasteiger partial charge in [-0.05, 0) is 41.8 Å². The zero-order valence-electron chi connectivity index (χ0n) is 14.5. The van der Waals surface area contributed by atoms with Crippen molar-refractivity contribution in [3.63, 3.8) is 0 Å². The highest BCUT2D eigenvalue weighted by Crippen LogP contribution is 2.52. The highest BCUT2D eigenvalue weighted by atomic mass is 32.2. The number of hydrogen-bond donors (Lipinski definition) is 2. The Balaban J connectivity index is 1.60. The van der Waals surface area contributed by atoms with E-state index in [-0.39, 0.29) is 16.4 Å². The van der Waals surface area contributed by atoms with E-state index in [1.807, 2.05) is 6.07 Å². The number of sulfonamides is 1. The summed E-state index contributed by atoms with van der Waals surface area (Å²) in [6, 6.07) is 17.8. The summed E-state index contributed by atoms with van der Waals surface area (Å²) in [4.78, 5) is 12.5. The van der Waals surface area contributed by atoms with E-state index in [9.17, 15) is 22.7 Å². The lowest BCUT2D eigenvalue weighted by Gasteiger charge is -2.14. The van der Waals surface area contributed by atoms with Crippen LogP contribution in [-0.4, -0.2) is 25.0 Å². The van der Waals surface area contributed by atoms with E-state index in [1.54, 1.807) is 42.5 Å². The fourth-order valence-electron chi connectivity index (χ4n) is 3.27. The van der Waals surface area contributed by atoms with Crippen molar-refractivity contribution in [2.45, 2.75) is 22.1 Å². The molecule has 28 heavy (non-hydrogen) atoms.